The average Bonchev–Trinajstić information content (AvgIpc) is 3.28. The molecule has 0 fully saturated rings. The summed E-state index contributed by atoms with van der Waals surface area (Å²) in [4.78, 5) is 53.8. The van der Waals surface area contributed by atoms with E-state index < -0.39 is 17.8 Å². The summed E-state index contributed by atoms with van der Waals surface area (Å²) < 4.78 is 10.6. The van der Waals surface area contributed by atoms with E-state index in [9.17, 15) is 19.2 Å². The zero-order valence-electron chi connectivity index (χ0n) is 15.1. The second-order valence-corrected chi connectivity index (χ2v) is 7.52. The maximum absolute atomic E-state index is 12.5. The van der Waals surface area contributed by atoms with E-state index in [1.54, 1.807) is 18.4 Å². The molecule has 0 saturated heterocycles. The van der Waals surface area contributed by atoms with Gasteiger partial charge in [0.2, 0.25) is 5.91 Å². The summed E-state index contributed by atoms with van der Waals surface area (Å²) in [5, 5.41) is 4.89. The number of methoxy groups -OCH3 is 2. The van der Waals surface area contributed by atoms with Gasteiger partial charge in [0.25, 0.3) is 5.56 Å². The van der Waals surface area contributed by atoms with Gasteiger partial charge in [-0.05, 0) is 23.9 Å². The molecule has 0 bridgehead atoms. The molecule has 3 heterocycles. The van der Waals surface area contributed by atoms with Crippen LogP contribution in [0.5, 0.6) is 0 Å². The molecule has 0 aromatic carbocycles. The summed E-state index contributed by atoms with van der Waals surface area (Å²) in [6.45, 7) is 1.26. The minimum absolute atomic E-state index is 0.0695. The van der Waals surface area contributed by atoms with Gasteiger partial charge in [0, 0.05) is 0 Å². The van der Waals surface area contributed by atoms with E-state index in [0.717, 1.165) is 11.3 Å². The van der Waals surface area contributed by atoms with Crippen LogP contribution in [0.2, 0.25) is 0 Å². The Balaban J connectivity index is 1.90. The summed E-state index contributed by atoms with van der Waals surface area (Å²) in [5.74, 6) is -1.88. The number of hydrogen-bond donors (Lipinski definition) is 1. The fraction of sp³-hybridized carbons (Fsp3) is 0.235. The van der Waals surface area contributed by atoms with E-state index in [0.29, 0.717) is 15.8 Å². The van der Waals surface area contributed by atoms with Crippen LogP contribution >= 0.6 is 22.7 Å². The Morgan fingerprint density at radius 2 is 1.93 bits per heavy atom. The normalized spacial score (nSPS) is 10.7. The van der Waals surface area contributed by atoms with Crippen molar-refractivity contribution in [2.45, 2.75) is 13.5 Å². The lowest BCUT2D eigenvalue weighted by atomic mass is 10.1. The number of thiophene rings is 2. The fourth-order valence-electron chi connectivity index (χ4n) is 2.56. The van der Waals surface area contributed by atoms with Crippen molar-refractivity contribution < 1.29 is 23.9 Å². The van der Waals surface area contributed by atoms with Crippen LogP contribution in [0.15, 0.2) is 22.6 Å². The quantitative estimate of drug-likeness (QED) is 0.627. The Morgan fingerprint density at radius 1 is 1.21 bits per heavy atom. The molecule has 3 aromatic heterocycles. The van der Waals surface area contributed by atoms with Gasteiger partial charge in [-0.1, -0.05) is 0 Å². The Labute approximate surface area is 166 Å². The average molecular weight is 421 g/mol. The Morgan fingerprint density at radius 3 is 2.61 bits per heavy atom. The van der Waals surface area contributed by atoms with Gasteiger partial charge >= 0.3 is 11.9 Å². The standard InChI is InChI=1S/C17H15N3O6S2/c1-8-11(16(23)25-2)14(28-12(8)17(24)26-3)19-10(21)6-20-7-18-13-9(15(20)22)4-5-27-13/h4-5,7H,6H2,1-3H3,(H,19,21). The highest BCUT2D eigenvalue weighted by molar-refractivity contribution is 7.18. The Bertz CT molecular complexity index is 1140. The van der Waals surface area contributed by atoms with Crippen molar-refractivity contribution in [1.29, 1.82) is 0 Å². The second-order valence-electron chi connectivity index (χ2n) is 5.61. The third-order valence-electron chi connectivity index (χ3n) is 3.92. The molecule has 28 heavy (non-hydrogen) atoms. The summed E-state index contributed by atoms with van der Waals surface area (Å²) >= 11 is 2.23. The van der Waals surface area contributed by atoms with Gasteiger partial charge < -0.3 is 14.8 Å². The van der Waals surface area contributed by atoms with Gasteiger partial charge in [-0.15, -0.1) is 22.7 Å². The third-order valence-corrected chi connectivity index (χ3v) is 5.93. The van der Waals surface area contributed by atoms with E-state index in [2.05, 4.69) is 10.3 Å². The minimum atomic E-state index is -0.697. The zero-order chi connectivity index (χ0) is 20.4. The maximum Gasteiger partial charge on any atom is 0.348 e. The lowest BCUT2D eigenvalue weighted by Gasteiger charge is -2.07. The lowest BCUT2D eigenvalue weighted by molar-refractivity contribution is -0.116. The number of carbonyl (C=O) groups excluding carboxylic acids is 3. The maximum atomic E-state index is 12.5. The number of anilines is 1. The molecule has 0 aliphatic carbocycles. The van der Waals surface area contributed by atoms with Gasteiger partial charge in [-0.25, -0.2) is 14.6 Å². The number of fused-ring (bicyclic) bond motifs is 1. The number of ether oxygens (including phenoxy) is 2. The summed E-state index contributed by atoms with van der Waals surface area (Å²) in [6, 6.07) is 1.64. The predicted octanol–water partition coefficient (Wildman–Crippen LogP) is 2.04. The van der Waals surface area contributed by atoms with Crippen molar-refractivity contribution in [3.05, 3.63) is 44.1 Å². The molecule has 0 unspecified atom stereocenters. The molecule has 3 rings (SSSR count). The SMILES string of the molecule is COC(=O)c1sc(NC(=O)Cn2cnc3sccc3c2=O)c(C(=O)OC)c1C. The van der Waals surface area contributed by atoms with E-state index in [-0.39, 0.29) is 27.5 Å². The lowest BCUT2D eigenvalue weighted by Crippen LogP contribution is -2.27. The first-order valence-electron chi connectivity index (χ1n) is 7.89. The first-order chi connectivity index (χ1) is 13.4. The highest BCUT2D eigenvalue weighted by Crippen LogP contribution is 2.34. The van der Waals surface area contributed by atoms with Gasteiger partial charge in [-0.3, -0.25) is 14.2 Å². The van der Waals surface area contributed by atoms with Crippen LogP contribution < -0.4 is 10.9 Å². The predicted molar refractivity (Wildman–Crippen MR) is 104 cm³/mol. The summed E-state index contributed by atoms with van der Waals surface area (Å²) in [7, 11) is 2.42. The molecule has 0 saturated carbocycles. The van der Waals surface area contributed by atoms with Gasteiger partial charge in [0.05, 0.1) is 31.5 Å². The smallest absolute Gasteiger partial charge is 0.348 e. The molecule has 0 atom stereocenters. The topological polar surface area (TPSA) is 117 Å². The highest BCUT2D eigenvalue weighted by Gasteiger charge is 2.26. The van der Waals surface area contributed by atoms with E-state index in [1.165, 1.54) is 36.5 Å². The van der Waals surface area contributed by atoms with Crippen molar-refractivity contribution in [2.24, 2.45) is 0 Å². The largest absolute Gasteiger partial charge is 0.465 e. The van der Waals surface area contributed by atoms with Crippen LogP contribution in [0, 0.1) is 6.92 Å². The number of nitrogens with zero attached hydrogens (tertiary/aromatic N) is 2. The van der Waals surface area contributed by atoms with Crippen molar-refractivity contribution >= 4 is 55.7 Å². The molecule has 0 radical (unpaired) electrons. The van der Waals surface area contributed by atoms with Crippen molar-refractivity contribution in [3.8, 4) is 0 Å². The van der Waals surface area contributed by atoms with E-state index in [4.69, 9.17) is 9.47 Å². The molecule has 3 aromatic rings. The zero-order valence-corrected chi connectivity index (χ0v) is 16.7. The third kappa shape index (κ3) is 3.53. The van der Waals surface area contributed by atoms with Crippen molar-refractivity contribution in [1.82, 2.24) is 9.55 Å². The molecule has 1 amide bonds. The van der Waals surface area contributed by atoms with Crippen LogP contribution in [-0.4, -0.2) is 41.6 Å². The van der Waals surface area contributed by atoms with Gasteiger partial charge in [0.15, 0.2) is 0 Å². The minimum Gasteiger partial charge on any atom is -0.465 e. The number of amides is 1. The van der Waals surface area contributed by atoms with Crippen LogP contribution in [0.1, 0.15) is 25.6 Å². The number of aromatic nitrogens is 2. The highest BCUT2D eigenvalue weighted by atomic mass is 32.1. The number of hydrogen-bond acceptors (Lipinski definition) is 9. The van der Waals surface area contributed by atoms with E-state index in [1.807, 2.05) is 0 Å². The molecule has 0 aliphatic heterocycles. The molecule has 0 aliphatic rings. The van der Waals surface area contributed by atoms with Crippen LogP contribution in [0.25, 0.3) is 10.2 Å². The van der Waals surface area contributed by atoms with Gasteiger partial charge in [-0.2, -0.15) is 0 Å². The van der Waals surface area contributed by atoms with Gasteiger partial charge in [0.1, 0.15) is 21.3 Å². The first-order valence-corrected chi connectivity index (χ1v) is 9.59. The fourth-order valence-corrected chi connectivity index (χ4v) is 4.42. The van der Waals surface area contributed by atoms with Crippen LogP contribution in [0.3, 0.4) is 0 Å². The second kappa shape index (κ2) is 7.90. The first kappa shape index (κ1) is 19.7. The summed E-state index contributed by atoms with van der Waals surface area (Å²) in [6.07, 6.45) is 1.29. The molecule has 1 N–H and O–H groups in total. The summed E-state index contributed by atoms with van der Waals surface area (Å²) in [5.41, 5.74) is 0.0738. The number of rotatable bonds is 5. The molecular formula is C17H15N3O6S2. The van der Waals surface area contributed by atoms with Crippen LogP contribution in [-0.2, 0) is 20.8 Å². The Kier molecular flexibility index (Phi) is 5.56. The molecule has 11 heteroatoms. The number of carbonyl (C=O) groups is 3. The number of nitrogens with one attached hydrogen (secondary N) is 1. The molecular weight excluding hydrogens is 406 g/mol. The number of esters is 2. The van der Waals surface area contributed by atoms with E-state index >= 15 is 0 Å². The molecule has 146 valence electrons. The van der Waals surface area contributed by atoms with Crippen molar-refractivity contribution in [3.63, 3.8) is 0 Å². The monoisotopic (exact) mass is 421 g/mol. The Hall–Kier alpha value is -3.05. The molecule has 0 spiro atoms. The van der Waals surface area contributed by atoms with Crippen LogP contribution in [0.4, 0.5) is 5.00 Å². The molecule has 9 nitrogen and oxygen atoms in total. The van der Waals surface area contributed by atoms with Crippen molar-refractivity contribution in [2.75, 3.05) is 19.5 Å².